The molecule has 4 aromatic rings. The van der Waals surface area contributed by atoms with Gasteiger partial charge in [0.15, 0.2) is 0 Å². The number of hydrogen-bond donors (Lipinski definition) is 1. The molecule has 0 amide bonds. The van der Waals surface area contributed by atoms with Gasteiger partial charge in [0.1, 0.15) is 5.82 Å². The second-order valence-corrected chi connectivity index (χ2v) is 7.24. The van der Waals surface area contributed by atoms with E-state index in [-0.39, 0.29) is 18.2 Å². The van der Waals surface area contributed by atoms with Crippen molar-refractivity contribution in [2.24, 2.45) is 7.05 Å². The Morgan fingerprint density at radius 3 is 2.93 bits per heavy atom. The van der Waals surface area contributed by atoms with Crippen LogP contribution in [0.3, 0.4) is 0 Å². The first-order chi connectivity index (χ1) is 13.6. The lowest BCUT2D eigenvalue weighted by atomic mass is 10.1. The van der Waals surface area contributed by atoms with Crippen molar-refractivity contribution in [3.8, 4) is 5.88 Å². The van der Waals surface area contributed by atoms with Crippen LogP contribution < -0.4 is 4.90 Å². The molecule has 0 saturated carbocycles. The number of hydrogen-bond acceptors (Lipinski definition) is 4. The molecule has 142 valence electrons. The van der Waals surface area contributed by atoms with E-state index in [0.29, 0.717) is 16.5 Å². The van der Waals surface area contributed by atoms with Gasteiger partial charge in [0.05, 0.1) is 23.1 Å². The molecule has 6 nitrogen and oxygen atoms in total. The number of anilines is 1. The van der Waals surface area contributed by atoms with Crippen LogP contribution in [0.15, 0.2) is 48.9 Å². The van der Waals surface area contributed by atoms with E-state index in [0.717, 1.165) is 30.9 Å². The minimum atomic E-state index is -0.278. The topological polar surface area (TPSA) is 59.1 Å². The highest BCUT2D eigenvalue weighted by atomic mass is 19.1. The van der Waals surface area contributed by atoms with E-state index >= 15 is 0 Å². The van der Waals surface area contributed by atoms with E-state index in [2.05, 4.69) is 15.0 Å². The van der Waals surface area contributed by atoms with Crippen molar-refractivity contribution in [1.29, 1.82) is 0 Å². The molecule has 0 radical (unpaired) electrons. The summed E-state index contributed by atoms with van der Waals surface area (Å²) in [5, 5.41) is 15.5. The van der Waals surface area contributed by atoms with Crippen molar-refractivity contribution in [1.82, 2.24) is 19.3 Å². The summed E-state index contributed by atoms with van der Waals surface area (Å²) in [6, 6.07) is 8.89. The molecule has 0 fully saturated rings. The van der Waals surface area contributed by atoms with Crippen molar-refractivity contribution >= 4 is 16.6 Å². The fourth-order valence-corrected chi connectivity index (χ4v) is 3.91. The molecular weight excluding hydrogens is 357 g/mol. The average molecular weight is 377 g/mol. The largest absolute Gasteiger partial charge is 0.494 e. The number of halogens is 1. The molecule has 4 heterocycles. The van der Waals surface area contributed by atoms with Gasteiger partial charge >= 0.3 is 0 Å². The molecule has 1 aromatic carbocycles. The lowest BCUT2D eigenvalue weighted by Gasteiger charge is -2.28. The predicted molar refractivity (Wildman–Crippen MR) is 105 cm³/mol. The van der Waals surface area contributed by atoms with Crippen molar-refractivity contribution in [2.45, 2.75) is 19.5 Å². The van der Waals surface area contributed by atoms with E-state index in [4.69, 9.17) is 0 Å². The molecule has 28 heavy (non-hydrogen) atoms. The Hall–Kier alpha value is -3.35. The quantitative estimate of drug-likeness (QED) is 0.596. The SMILES string of the molecule is Cn1cc2c(n1)CCN(c1ccc(Cn3cc4ncccc4c3O)c(F)c1)C2. The minimum Gasteiger partial charge on any atom is -0.494 e. The standard InChI is InChI=1S/C21H20FN5O/c1-25-10-15-12-26(8-6-19(15)24-25)16-5-4-14(18(22)9-16)11-27-13-20-17(21(27)28)3-2-7-23-20/h2-5,7,9-10,13,28H,6,8,11-12H2,1H3. The van der Waals surface area contributed by atoms with Crippen molar-refractivity contribution < 1.29 is 9.50 Å². The number of fused-ring (bicyclic) bond motifs is 2. The Kier molecular flexibility index (Phi) is 3.82. The summed E-state index contributed by atoms with van der Waals surface area (Å²) in [5.41, 5.74) is 4.39. The Morgan fingerprint density at radius 1 is 1.21 bits per heavy atom. The van der Waals surface area contributed by atoms with Crippen LogP contribution in [0, 0.1) is 5.82 Å². The van der Waals surface area contributed by atoms with Crippen molar-refractivity contribution in [3.63, 3.8) is 0 Å². The molecule has 0 aliphatic carbocycles. The Labute approximate surface area is 161 Å². The summed E-state index contributed by atoms with van der Waals surface area (Å²) >= 11 is 0. The predicted octanol–water partition coefficient (Wildman–Crippen LogP) is 3.23. The molecule has 1 N–H and O–H groups in total. The first-order valence-electron chi connectivity index (χ1n) is 9.26. The minimum absolute atomic E-state index is 0.103. The molecule has 1 aliphatic rings. The van der Waals surface area contributed by atoms with Gasteiger partial charge in [-0.25, -0.2) is 4.39 Å². The molecule has 3 aromatic heterocycles. The Bertz CT molecular complexity index is 1180. The molecule has 0 atom stereocenters. The van der Waals surface area contributed by atoms with Gasteiger partial charge in [0, 0.05) is 62.0 Å². The van der Waals surface area contributed by atoms with E-state index < -0.39 is 0 Å². The normalized spacial score (nSPS) is 13.9. The van der Waals surface area contributed by atoms with Crippen LogP contribution in [-0.4, -0.2) is 31.0 Å². The van der Waals surface area contributed by atoms with Crippen LogP contribution in [0.5, 0.6) is 5.88 Å². The molecule has 0 saturated heterocycles. The smallest absolute Gasteiger partial charge is 0.201 e. The molecule has 7 heteroatoms. The number of aryl methyl sites for hydroxylation is 1. The summed E-state index contributed by atoms with van der Waals surface area (Å²) in [6.45, 7) is 1.80. The molecular formula is C21H20FN5O. The van der Waals surface area contributed by atoms with E-state index in [1.807, 2.05) is 24.0 Å². The number of benzene rings is 1. The maximum atomic E-state index is 14.8. The maximum absolute atomic E-state index is 14.8. The van der Waals surface area contributed by atoms with E-state index in [1.54, 1.807) is 41.2 Å². The molecule has 0 bridgehead atoms. The second-order valence-electron chi connectivity index (χ2n) is 7.24. The zero-order valence-electron chi connectivity index (χ0n) is 15.5. The van der Waals surface area contributed by atoms with Crippen LogP contribution in [0.2, 0.25) is 0 Å². The van der Waals surface area contributed by atoms with Gasteiger partial charge in [-0.1, -0.05) is 6.07 Å². The van der Waals surface area contributed by atoms with E-state index in [1.165, 1.54) is 5.56 Å². The van der Waals surface area contributed by atoms with Gasteiger partial charge in [0.2, 0.25) is 5.88 Å². The highest BCUT2D eigenvalue weighted by Gasteiger charge is 2.20. The average Bonchev–Trinajstić information content (AvgIpc) is 3.22. The number of aromatic nitrogens is 4. The van der Waals surface area contributed by atoms with Crippen LogP contribution in [-0.2, 0) is 26.6 Å². The Morgan fingerprint density at radius 2 is 2.11 bits per heavy atom. The van der Waals surface area contributed by atoms with E-state index in [9.17, 15) is 9.50 Å². The van der Waals surface area contributed by atoms with Crippen molar-refractivity contribution in [2.75, 3.05) is 11.4 Å². The van der Waals surface area contributed by atoms with Crippen LogP contribution in [0.1, 0.15) is 16.8 Å². The lowest BCUT2D eigenvalue weighted by Crippen LogP contribution is -2.30. The highest BCUT2D eigenvalue weighted by molar-refractivity contribution is 5.84. The fraction of sp³-hybridized carbons (Fsp3) is 0.238. The molecule has 5 rings (SSSR count). The summed E-state index contributed by atoms with van der Waals surface area (Å²) in [4.78, 5) is 6.40. The van der Waals surface area contributed by atoms with Gasteiger partial charge in [0.25, 0.3) is 0 Å². The lowest BCUT2D eigenvalue weighted by molar-refractivity contribution is 0.428. The molecule has 0 spiro atoms. The molecule has 0 unspecified atom stereocenters. The van der Waals surface area contributed by atoms with Gasteiger partial charge in [-0.3, -0.25) is 9.67 Å². The fourth-order valence-electron chi connectivity index (χ4n) is 3.91. The van der Waals surface area contributed by atoms with Crippen LogP contribution >= 0.6 is 0 Å². The second kappa shape index (κ2) is 6.37. The summed E-state index contributed by atoms with van der Waals surface area (Å²) in [6.07, 6.45) is 6.30. The number of aromatic hydroxyl groups is 1. The maximum Gasteiger partial charge on any atom is 0.201 e. The third kappa shape index (κ3) is 2.79. The zero-order valence-corrected chi connectivity index (χ0v) is 15.5. The van der Waals surface area contributed by atoms with Crippen LogP contribution in [0.25, 0.3) is 10.9 Å². The number of rotatable bonds is 3. The summed E-state index contributed by atoms with van der Waals surface area (Å²) in [7, 11) is 1.92. The number of pyridine rings is 1. The van der Waals surface area contributed by atoms with Gasteiger partial charge in [-0.2, -0.15) is 5.10 Å². The van der Waals surface area contributed by atoms with Crippen LogP contribution in [0.4, 0.5) is 10.1 Å². The third-order valence-electron chi connectivity index (χ3n) is 5.34. The van der Waals surface area contributed by atoms with Gasteiger partial charge in [-0.15, -0.1) is 0 Å². The zero-order chi connectivity index (χ0) is 19.3. The van der Waals surface area contributed by atoms with Gasteiger partial charge in [-0.05, 0) is 24.3 Å². The summed E-state index contributed by atoms with van der Waals surface area (Å²) < 4.78 is 18.3. The molecule has 1 aliphatic heterocycles. The number of nitrogens with zero attached hydrogens (tertiary/aromatic N) is 5. The summed E-state index contributed by atoms with van der Waals surface area (Å²) in [5.74, 6) is -0.175. The Balaban J connectivity index is 1.40. The monoisotopic (exact) mass is 377 g/mol. The first kappa shape index (κ1) is 16.8. The van der Waals surface area contributed by atoms with Gasteiger partial charge < -0.3 is 14.6 Å². The van der Waals surface area contributed by atoms with Crippen molar-refractivity contribution in [3.05, 3.63) is 71.6 Å². The first-order valence-corrected chi connectivity index (χ1v) is 9.26. The third-order valence-corrected chi connectivity index (χ3v) is 5.34. The highest BCUT2D eigenvalue weighted by Crippen LogP contribution is 2.29.